The quantitative estimate of drug-likeness (QED) is 0.0235. The second-order valence-electron chi connectivity index (χ2n) is 18.6. The molecule has 0 fully saturated rings. The smallest absolute Gasteiger partial charge is 0.321 e. The van der Waals surface area contributed by atoms with E-state index in [1.807, 2.05) is 0 Å². The van der Waals surface area contributed by atoms with E-state index in [9.17, 15) is 19.2 Å². The molecule has 380 valence electrons. The van der Waals surface area contributed by atoms with Crippen molar-refractivity contribution in [2.45, 2.75) is 303 Å². The van der Waals surface area contributed by atoms with Gasteiger partial charge in [-0.05, 0) is 19.3 Å². The van der Waals surface area contributed by atoms with Crippen molar-refractivity contribution in [3.05, 3.63) is 0 Å². The predicted molar refractivity (Wildman–Crippen MR) is 272 cm³/mol. The Labute approximate surface area is 400 Å². The topological polar surface area (TPSA) is 142 Å². The molecule has 0 radical (unpaired) electrons. The van der Waals surface area contributed by atoms with Crippen LogP contribution in [-0.2, 0) is 33.4 Å². The molecule has 0 aliphatic heterocycles. The Balaban J connectivity index is 0. The van der Waals surface area contributed by atoms with E-state index in [2.05, 4.69) is 33.4 Å². The summed E-state index contributed by atoms with van der Waals surface area (Å²) in [6.07, 6.45) is 49.3. The summed E-state index contributed by atoms with van der Waals surface area (Å²) >= 11 is 3.65. The number of nitrogens with two attached hydrogens (primary N) is 1. The number of carboxylic acid groups (broad SMARTS) is 1. The van der Waals surface area contributed by atoms with Crippen LogP contribution in [-0.4, -0.2) is 60.1 Å². The molecule has 0 bridgehead atoms. The Morgan fingerprint density at radius 1 is 0.391 bits per heavy atom. The predicted octanol–water partition coefficient (Wildman–Crippen LogP) is 15.8. The number of hydrogen-bond acceptors (Lipinski definition) is 9. The lowest BCUT2D eigenvalue weighted by atomic mass is 10.0. The van der Waals surface area contributed by atoms with Crippen LogP contribution < -0.4 is 5.73 Å². The van der Waals surface area contributed by atoms with Gasteiger partial charge >= 0.3 is 23.9 Å². The van der Waals surface area contributed by atoms with Gasteiger partial charge in [0, 0.05) is 25.0 Å². The van der Waals surface area contributed by atoms with Crippen LogP contribution in [0.3, 0.4) is 0 Å². The van der Waals surface area contributed by atoms with Crippen LogP contribution in [0.25, 0.3) is 0 Å². The number of ether oxygens (including phenoxy) is 3. The maximum atomic E-state index is 12.8. The highest BCUT2D eigenvalue weighted by Gasteiger charge is 2.19. The molecule has 64 heavy (non-hydrogen) atoms. The SMILES string of the molecule is CCCCCCCCCCCCCCCC(=O)OCC(COC(=O)CCCCCCCCCCCCCCC)OC(=O)CCCCCCCCCCCCCCC.N[C@@H](CS)C(=O)O. The third-order valence-electron chi connectivity index (χ3n) is 12.1. The largest absolute Gasteiger partial charge is 0.480 e. The lowest BCUT2D eigenvalue weighted by molar-refractivity contribution is -0.167. The average molecular weight is 928 g/mol. The van der Waals surface area contributed by atoms with Crippen LogP contribution in [0.15, 0.2) is 0 Å². The number of hydrogen-bond donors (Lipinski definition) is 3. The van der Waals surface area contributed by atoms with Crippen LogP contribution >= 0.6 is 12.6 Å². The standard InChI is InChI=1S/C51H98O6.C3H7NO2S/c1-4-7-10-13-16-19-22-25-28-31-34-37-40-43-49(52)55-46-48(57-51(54)45-42-39-36-33-30-27-24-21-18-15-12-9-6-3)47-56-50(53)44-41-38-35-32-29-26-23-20-17-14-11-8-5-2;4-2(1-7)3(5)6/h48H,4-47H2,1-3H3;2,7H,1,4H2,(H,5,6)/t;2-/m.0/s1. The van der Waals surface area contributed by atoms with Gasteiger partial charge in [-0.2, -0.15) is 12.6 Å². The van der Waals surface area contributed by atoms with E-state index in [0.29, 0.717) is 19.3 Å². The Kier molecular flexibility index (Phi) is 54.0. The highest BCUT2D eigenvalue weighted by Crippen LogP contribution is 2.17. The first-order valence-corrected chi connectivity index (χ1v) is 27.9. The molecule has 0 rings (SSSR count). The fraction of sp³-hybridized carbons (Fsp3) is 0.926. The van der Waals surface area contributed by atoms with Crippen LogP contribution in [0.4, 0.5) is 0 Å². The molecule has 0 spiro atoms. The van der Waals surface area contributed by atoms with Crippen molar-refractivity contribution in [2.75, 3.05) is 19.0 Å². The highest BCUT2D eigenvalue weighted by molar-refractivity contribution is 7.80. The number of rotatable bonds is 49. The second-order valence-corrected chi connectivity index (χ2v) is 18.9. The van der Waals surface area contributed by atoms with Gasteiger partial charge in [0.25, 0.3) is 0 Å². The van der Waals surface area contributed by atoms with Crippen LogP contribution in [0.5, 0.6) is 0 Å². The third-order valence-corrected chi connectivity index (χ3v) is 12.5. The van der Waals surface area contributed by atoms with Crippen molar-refractivity contribution < 1.29 is 38.5 Å². The first-order valence-electron chi connectivity index (χ1n) is 27.3. The van der Waals surface area contributed by atoms with Crippen molar-refractivity contribution in [3.8, 4) is 0 Å². The zero-order chi connectivity index (χ0) is 47.4. The average Bonchev–Trinajstić information content (AvgIpc) is 3.29. The Hall–Kier alpha value is -1.81. The van der Waals surface area contributed by atoms with Gasteiger partial charge in [0.15, 0.2) is 6.10 Å². The lowest BCUT2D eigenvalue weighted by Crippen LogP contribution is -2.31. The van der Waals surface area contributed by atoms with Gasteiger partial charge in [-0.1, -0.05) is 252 Å². The highest BCUT2D eigenvalue weighted by atomic mass is 32.1. The molecule has 0 aliphatic rings. The van der Waals surface area contributed by atoms with E-state index >= 15 is 0 Å². The number of carboxylic acids is 1. The van der Waals surface area contributed by atoms with Crippen molar-refractivity contribution in [1.29, 1.82) is 0 Å². The molecule has 0 amide bonds. The van der Waals surface area contributed by atoms with E-state index in [-0.39, 0.29) is 36.9 Å². The summed E-state index contributed by atoms with van der Waals surface area (Å²) in [7, 11) is 0. The molecule has 0 aromatic rings. The fourth-order valence-electron chi connectivity index (χ4n) is 7.82. The van der Waals surface area contributed by atoms with Crippen LogP contribution in [0, 0.1) is 0 Å². The minimum Gasteiger partial charge on any atom is -0.480 e. The first-order chi connectivity index (χ1) is 31.2. The van der Waals surface area contributed by atoms with Gasteiger partial charge in [-0.3, -0.25) is 19.2 Å². The minimum absolute atomic E-state index is 0.0619. The van der Waals surface area contributed by atoms with Crippen molar-refractivity contribution >= 4 is 36.5 Å². The van der Waals surface area contributed by atoms with Crippen molar-refractivity contribution in [2.24, 2.45) is 5.73 Å². The summed E-state index contributed by atoms with van der Waals surface area (Å²) in [5, 5.41) is 8.01. The van der Waals surface area contributed by atoms with Crippen LogP contribution in [0.1, 0.15) is 290 Å². The number of aliphatic carboxylic acids is 1. The fourth-order valence-corrected chi connectivity index (χ4v) is 7.97. The number of unbranched alkanes of at least 4 members (excludes halogenated alkanes) is 36. The molecule has 0 aromatic carbocycles. The van der Waals surface area contributed by atoms with Gasteiger partial charge in [0.2, 0.25) is 0 Å². The maximum Gasteiger partial charge on any atom is 0.321 e. The summed E-state index contributed by atoms with van der Waals surface area (Å²) in [5.41, 5.74) is 4.94. The summed E-state index contributed by atoms with van der Waals surface area (Å²) < 4.78 is 16.8. The van der Waals surface area contributed by atoms with Gasteiger partial charge < -0.3 is 25.1 Å². The summed E-state index contributed by atoms with van der Waals surface area (Å²) in [4.78, 5) is 47.6. The molecule has 0 heterocycles. The first kappa shape index (κ1) is 64.3. The molecule has 0 aliphatic carbocycles. The molecule has 3 N–H and O–H groups in total. The summed E-state index contributed by atoms with van der Waals surface area (Å²) in [6, 6.07) is -0.816. The zero-order valence-corrected chi connectivity index (χ0v) is 43.2. The van der Waals surface area contributed by atoms with E-state index in [1.165, 1.54) is 193 Å². The number of esters is 3. The molecular formula is C54H105NO8S. The lowest BCUT2D eigenvalue weighted by Gasteiger charge is -2.18. The number of thiol groups is 1. The molecule has 0 aromatic heterocycles. The minimum atomic E-state index is -1.00. The van der Waals surface area contributed by atoms with Gasteiger partial charge in [0.1, 0.15) is 19.3 Å². The molecule has 0 unspecified atom stereocenters. The molecule has 1 atom stereocenters. The Bertz CT molecular complexity index is 968. The molecule has 10 heteroatoms. The van der Waals surface area contributed by atoms with E-state index in [0.717, 1.165) is 57.8 Å². The molecular weight excluding hydrogens is 823 g/mol. The zero-order valence-electron chi connectivity index (χ0n) is 42.3. The van der Waals surface area contributed by atoms with Crippen molar-refractivity contribution in [3.63, 3.8) is 0 Å². The molecule has 9 nitrogen and oxygen atoms in total. The second kappa shape index (κ2) is 53.8. The van der Waals surface area contributed by atoms with Crippen LogP contribution in [0.2, 0.25) is 0 Å². The summed E-state index contributed by atoms with van der Waals surface area (Å²) in [6.45, 7) is 6.67. The molecule has 0 saturated heterocycles. The van der Waals surface area contributed by atoms with Gasteiger partial charge in [-0.25, -0.2) is 0 Å². The monoisotopic (exact) mass is 928 g/mol. The number of carbonyl (C=O) groups is 4. The van der Waals surface area contributed by atoms with E-state index in [4.69, 9.17) is 25.1 Å². The van der Waals surface area contributed by atoms with Crippen molar-refractivity contribution in [1.82, 2.24) is 0 Å². The third kappa shape index (κ3) is 52.8. The van der Waals surface area contributed by atoms with E-state index in [1.54, 1.807) is 0 Å². The molecule has 0 saturated carbocycles. The van der Waals surface area contributed by atoms with E-state index < -0.39 is 18.1 Å². The Morgan fingerprint density at radius 3 is 0.812 bits per heavy atom. The Morgan fingerprint density at radius 2 is 0.609 bits per heavy atom. The normalized spacial score (nSPS) is 11.6. The summed E-state index contributed by atoms with van der Waals surface area (Å²) in [5.74, 6) is -1.66. The van der Waals surface area contributed by atoms with Gasteiger partial charge in [0.05, 0.1) is 0 Å². The maximum absolute atomic E-state index is 12.8. The number of carbonyl (C=O) groups excluding carboxylic acids is 3. The van der Waals surface area contributed by atoms with Gasteiger partial charge in [-0.15, -0.1) is 0 Å².